The van der Waals surface area contributed by atoms with E-state index in [0.29, 0.717) is 50.2 Å². The van der Waals surface area contributed by atoms with Crippen LogP contribution in [0, 0.1) is 11.8 Å². The molecule has 2 saturated heterocycles. The van der Waals surface area contributed by atoms with Gasteiger partial charge in [-0.3, -0.25) is 9.59 Å². The van der Waals surface area contributed by atoms with E-state index < -0.39 is 6.10 Å². The quantitative estimate of drug-likeness (QED) is 0.588. The predicted octanol–water partition coefficient (Wildman–Crippen LogP) is 2.66. The molecule has 3 aliphatic rings. The second-order valence-corrected chi connectivity index (χ2v) is 8.61. The van der Waals surface area contributed by atoms with Gasteiger partial charge in [-0.05, 0) is 49.1 Å². The number of amides is 1. The van der Waals surface area contributed by atoms with Gasteiger partial charge in [0, 0.05) is 43.5 Å². The molecule has 0 bridgehead atoms. The van der Waals surface area contributed by atoms with E-state index in [-0.39, 0.29) is 17.8 Å². The summed E-state index contributed by atoms with van der Waals surface area (Å²) < 4.78 is 16.3. The Morgan fingerprint density at radius 2 is 1.81 bits per heavy atom. The average Bonchev–Trinajstić information content (AvgIpc) is 3.55. The third kappa shape index (κ3) is 4.35. The fourth-order valence-corrected chi connectivity index (χ4v) is 4.04. The first kappa shape index (κ1) is 20.6. The molecule has 1 aliphatic carbocycles. The van der Waals surface area contributed by atoms with E-state index in [1.165, 1.54) is 20.0 Å². The van der Waals surface area contributed by atoms with Crippen LogP contribution >= 0.6 is 0 Å². The van der Waals surface area contributed by atoms with E-state index in [9.17, 15) is 9.59 Å². The summed E-state index contributed by atoms with van der Waals surface area (Å²) in [5.74, 6) is 1.54. The molecule has 0 radical (unpaired) electrons. The van der Waals surface area contributed by atoms with E-state index in [4.69, 9.17) is 14.2 Å². The van der Waals surface area contributed by atoms with Gasteiger partial charge in [-0.15, -0.1) is 0 Å². The smallest absolute Gasteiger partial charge is 0.312 e. The van der Waals surface area contributed by atoms with Crippen LogP contribution in [-0.2, 0) is 14.3 Å². The molecule has 1 atom stereocenters. The summed E-state index contributed by atoms with van der Waals surface area (Å²) in [5, 5.41) is 0. The zero-order valence-corrected chi connectivity index (χ0v) is 18.1. The Hall–Kier alpha value is -3.29. The zero-order valence-electron chi connectivity index (χ0n) is 18.1. The van der Waals surface area contributed by atoms with Crippen LogP contribution in [0.15, 0.2) is 42.6 Å². The van der Waals surface area contributed by atoms with Gasteiger partial charge in [0.05, 0.1) is 25.8 Å². The fourth-order valence-electron chi connectivity index (χ4n) is 4.04. The van der Waals surface area contributed by atoms with Gasteiger partial charge in [0.15, 0.2) is 6.10 Å². The Balaban J connectivity index is 1.14. The Morgan fingerprint density at radius 1 is 1.06 bits per heavy atom. The van der Waals surface area contributed by atoms with Crippen LogP contribution in [0.1, 0.15) is 19.3 Å². The second-order valence-electron chi connectivity index (χ2n) is 8.61. The van der Waals surface area contributed by atoms with Gasteiger partial charge in [-0.2, -0.15) is 0 Å². The lowest BCUT2D eigenvalue weighted by molar-refractivity contribution is -0.146. The molecule has 5 rings (SSSR count). The minimum absolute atomic E-state index is 0.0542. The lowest BCUT2D eigenvalue weighted by Crippen LogP contribution is -2.50. The summed E-state index contributed by atoms with van der Waals surface area (Å²) >= 11 is 0. The van der Waals surface area contributed by atoms with Gasteiger partial charge in [0.2, 0.25) is 5.88 Å². The van der Waals surface area contributed by atoms with Gasteiger partial charge in [0.1, 0.15) is 5.75 Å². The predicted molar refractivity (Wildman–Crippen MR) is 118 cm³/mol. The number of hydrogen-bond acceptors (Lipinski definition) is 7. The highest BCUT2D eigenvalue weighted by molar-refractivity contribution is 5.99. The largest absolute Gasteiger partial charge is 0.479 e. The molecule has 2 aromatic rings. The Kier molecular flexibility index (Phi) is 5.59. The number of nitrogens with zero attached hydrogens (tertiary/aromatic N) is 3. The summed E-state index contributed by atoms with van der Waals surface area (Å²) in [6, 6.07) is 11.4. The van der Waals surface area contributed by atoms with Crippen LogP contribution in [0.2, 0.25) is 0 Å². The molecule has 8 nitrogen and oxygen atoms in total. The van der Waals surface area contributed by atoms with Crippen molar-refractivity contribution in [3.8, 4) is 11.6 Å². The van der Waals surface area contributed by atoms with E-state index in [2.05, 4.69) is 9.88 Å². The van der Waals surface area contributed by atoms with Gasteiger partial charge in [-0.1, -0.05) is 0 Å². The van der Waals surface area contributed by atoms with Crippen LogP contribution in [0.5, 0.6) is 11.6 Å². The molecule has 3 heterocycles. The van der Waals surface area contributed by atoms with Crippen molar-refractivity contribution in [2.75, 3.05) is 43.2 Å². The summed E-state index contributed by atoms with van der Waals surface area (Å²) in [6.45, 7) is 2.63. The van der Waals surface area contributed by atoms with Crippen LogP contribution < -0.4 is 19.3 Å². The first-order valence-corrected chi connectivity index (χ1v) is 11.1. The Labute approximate surface area is 187 Å². The molecule has 0 unspecified atom stereocenters. The number of aromatic nitrogens is 1. The summed E-state index contributed by atoms with van der Waals surface area (Å²) in [4.78, 5) is 32.6. The molecule has 168 valence electrons. The average molecular weight is 437 g/mol. The van der Waals surface area contributed by atoms with Crippen LogP contribution in [0.4, 0.5) is 11.4 Å². The van der Waals surface area contributed by atoms with Crippen molar-refractivity contribution >= 4 is 23.3 Å². The highest BCUT2D eigenvalue weighted by atomic mass is 16.5. The number of carbonyl (C=O) groups is 2. The highest BCUT2D eigenvalue weighted by Crippen LogP contribution is 2.31. The maximum atomic E-state index is 12.9. The zero-order chi connectivity index (χ0) is 22.1. The lowest BCUT2D eigenvalue weighted by atomic mass is 9.99. The minimum atomic E-state index is -0.522. The number of hydrogen-bond donors (Lipinski definition) is 0. The molecule has 8 heteroatoms. The molecule has 0 N–H and O–H groups in total. The number of rotatable bonds is 8. The number of ether oxygens (including phenoxy) is 3. The van der Waals surface area contributed by atoms with Gasteiger partial charge in [-0.25, -0.2) is 4.98 Å². The summed E-state index contributed by atoms with van der Waals surface area (Å²) in [6.07, 6.45) is 4.18. The maximum absolute atomic E-state index is 12.9. The fraction of sp³-hybridized carbons (Fsp3) is 0.458. The molecule has 1 saturated carbocycles. The van der Waals surface area contributed by atoms with Crippen LogP contribution in [0.25, 0.3) is 0 Å². The number of carbonyl (C=O) groups excluding carboxylic acids is 2. The second kappa shape index (κ2) is 8.68. The van der Waals surface area contributed by atoms with E-state index in [1.54, 1.807) is 23.2 Å². The van der Waals surface area contributed by atoms with Crippen molar-refractivity contribution in [1.29, 1.82) is 0 Å². The normalized spacial score (nSPS) is 20.8. The third-order valence-corrected chi connectivity index (χ3v) is 6.25. The molecule has 1 aromatic carbocycles. The monoisotopic (exact) mass is 437 g/mol. The van der Waals surface area contributed by atoms with E-state index >= 15 is 0 Å². The van der Waals surface area contributed by atoms with Gasteiger partial charge < -0.3 is 24.0 Å². The topological polar surface area (TPSA) is 81.2 Å². The van der Waals surface area contributed by atoms with Gasteiger partial charge >= 0.3 is 5.97 Å². The molecule has 0 spiro atoms. The maximum Gasteiger partial charge on any atom is 0.312 e. The molecule has 32 heavy (non-hydrogen) atoms. The van der Waals surface area contributed by atoms with Crippen LogP contribution in [-0.4, -0.2) is 56.3 Å². The Morgan fingerprint density at radius 3 is 2.47 bits per heavy atom. The van der Waals surface area contributed by atoms with Crippen molar-refractivity contribution in [2.24, 2.45) is 11.8 Å². The summed E-state index contributed by atoms with van der Waals surface area (Å²) in [5.41, 5.74) is 1.88. The SMILES string of the molecule is COC(=O)C1CN(c2ccc(N3CC[C@@H](Oc4ccc(OCC5CC5)nc4)C3=O)cc2)C1. The molecule has 2 aliphatic heterocycles. The van der Waals surface area contributed by atoms with Gasteiger partial charge in [0.25, 0.3) is 5.91 Å². The third-order valence-electron chi connectivity index (χ3n) is 6.25. The molecular formula is C24H27N3O5. The van der Waals surface area contributed by atoms with E-state index in [0.717, 1.165) is 11.4 Å². The number of pyridine rings is 1. The lowest BCUT2D eigenvalue weighted by Gasteiger charge is -2.39. The Bertz CT molecular complexity index is 968. The number of esters is 1. The summed E-state index contributed by atoms with van der Waals surface area (Å²) in [7, 11) is 1.42. The highest BCUT2D eigenvalue weighted by Gasteiger charge is 2.36. The van der Waals surface area contributed by atoms with E-state index in [1.807, 2.05) is 24.3 Å². The number of anilines is 2. The van der Waals surface area contributed by atoms with Crippen molar-refractivity contribution in [2.45, 2.75) is 25.4 Å². The molecule has 3 fully saturated rings. The number of benzene rings is 1. The standard InChI is InChI=1S/C24H27N3O5/c1-30-24(29)17-13-26(14-17)18-4-6-19(7-5-18)27-11-10-21(23(27)28)32-20-8-9-22(25-12-20)31-15-16-2-3-16/h4-9,12,16-17,21H,2-3,10-11,13-15H2,1H3/t21-/m1/s1. The van der Waals surface area contributed by atoms with Crippen LogP contribution in [0.3, 0.4) is 0 Å². The number of methoxy groups -OCH3 is 1. The van der Waals surface area contributed by atoms with Crippen molar-refractivity contribution < 1.29 is 23.8 Å². The first-order valence-electron chi connectivity index (χ1n) is 11.1. The molecule has 1 aromatic heterocycles. The first-order chi connectivity index (χ1) is 15.6. The molecule has 1 amide bonds. The van der Waals surface area contributed by atoms with Crippen molar-refractivity contribution in [3.63, 3.8) is 0 Å². The van der Waals surface area contributed by atoms with Crippen molar-refractivity contribution in [3.05, 3.63) is 42.6 Å². The minimum Gasteiger partial charge on any atom is -0.479 e. The molecular weight excluding hydrogens is 410 g/mol. The van der Waals surface area contributed by atoms with Crippen molar-refractivity contribution in [1.82, 2.24) is 4.98 Å².